The van der Waals surface area contributed by atoms with E-state index in [4.69, 9.17) is 11.5 Å². The highest BCUT2D eigenvalue weighted by molar-refractivity contribution is 7.91. The van der Waals surface area contributed by atoms with E-state index in [1.54, 1.807) is 0 Å². The number of alkyl halides is 3. The standard InChI is InChI=1S/C21H25F3N6O5S/c1-13(32)30(15(11-31)6-4-9-28-20(25)26)17-8-10-27-19(33)18(17)29-36(34,35)12-14-5-2-3-7-16(14)21(22,23)24/h2-3,5,7-8,10-11,15,29H,4,6,9,12H2,1H3,(H,27,33)(H4,25,26,28)/t15-/m0/s1. The number of H-pyrrole nitrogens is 1. The fourth-order valence-corrected chi connectivity index (χ4v) is 4.68. The SMILES string of the molecule is CC(=O)N(c1cc[nH]c(=O)c1NS(=O)(=O)Cc1ccccc1C(F)(F)F)[C@H](C=O)CCCN=C(N)N. The van der Waals surface area contributed by atoms with Gasteiger partial charge >= 0.3 is 6.18 Å². The van der Waals surface area contributed by atoms with Crippen molar-refractivity contribution in [1.29, 1.82) is 0 Å². The average Bonchev–Trinajstić information content (AvgIpc) is 2.76. The second-order valence-corrected chi connectivity index (χ2v) is 9.35. The van der Waals surface area contributed by atoms with Crippen LogP contribution in [0.4, 0.5) is 24.5 Å². The highest BCUT2D eigenvalue weighted by Gasteiger charge is 2.34. The number of aliphatic imine (C=N–C) groups is 1. The molecule has 2 rings (SSSR count). The molecule has 0 unspecified atom stereocenters. The number of aromatic nitrogens is 1. The number of hydrogen-bond donors (Lipinski definition) is 4. The van der Waals surface area contributed by atoms with Crippen molar-refractivity contribution in [2.24, 2.45) is 16.5 Å². The van der Waals surface area contributed by atoms with E-state index in [0.29, 0.717) is 6.29 Å². The van der Waals surface area contributed by atoms with Crippen LogP contribution in [0, 0.1) is 0 Å². The first-order valence-electron chi connectivity index (χ1n) is 10.4. The van der Waals surface area contributed by atoms with E-state index < -0.39 is 56.3 Å². The quantitative estimate of drug-likeness (QED) is 0.146. The Kier molecular flexibility index (Phi) is 9.22. The molecule has 36 heavy (non-hydrogen) atoms. The fraction of sp³-hybridized carbons (Fsp3) is 0.333. The van der Waals surface area contributed by atoms with Crippen LogP contribution in [0.3, 0.4) is 0 Å². The van der Waals surface area contributed by atoms with Gasteiger partial charge in [-0.05, 0) is 30.5 Å². The molecule has 0 radical (unpaired) electrons. The van der Waals surface area contributed by atoms with Gasteiger partial charge in [0.1, 0.15) is 12.0 Å². The molecular weight excluding hydrogens is 505 g/mol. The van der Waals surface area contributed by atoms with Crippen molar-refractivity contribution >= 4 is 39.6 Å². The lowest BCUT2D eigenvalue weighted by Crippen LogP contribution is -2.42. The van der Waals surface area contributed by atoms with Crippen molar-refractivity contribution in [3.8, 4) is 0 Å². The van der Waals surface area contributed by atoms with Crippen molar-refractivity contribution in [3.63, 3.8) is 0 Å². The molecule has 0 aliphatic rings. The first kappa shape index (κ1) is 28.4. The fourth-order valence-electron chi connectivity index (χ4n) is 3.43. The number of pyridine rings is 1. The highest BCUT2D eigenvalue weighted by atomic mass is 32.2. The Hall–Kier alpha value is -3.88. The Labute approximate surface area is 204 Å². The number of aldehydes is 1. The topological polar surface area (TPSA) is 181 Å². The highest BCUT2D eigenvalue weighted by Crippen LogP contribution is 2.33. The molecule has 1 aromatic carbocycles. The van der Waals surface area contributed by atoms with Gasteiger partial charge in [0.05, 0.1) is 23.0 Å². The molecule has 1 aromatic heterocycles. The van der Waals surface area contributed by atoms with Gasteiger partial charge in [0, 0.05) is 19.7 Å². The number of rotatable bonds is 11. The van der Waals surface area contributed by atoms with E-state index in [-0.39, 0.29) is 31.0 Å². The molecule has 0 bridgehead atoms. The van der Waals surface area contributed by atoms with E-state index >= 15 is 0 Å². The first-order chi connectivity index (χ1) is 16.8. The van der Waals surface area contributed by atoms with Gasteiger partial charge < -0.3 is 26.1 Å². The van der Waals surface area contributed by atoms with E-state index in [1.807, 2.05) is 4.72 Å². The summed E-state index contributed by atoms with van der Waals surface area (Å²) in [5.74, 6) is -1.96. The van der Waals surface area contributed by atoms with Gasteiger partial charge in [-0.25, -0.2) is 8.42 Å². The molecule has 11 nitrogen and oxygen atoms in total. The van der Waals surface area contributed by atoms with Gasteiger partial charge in [0.15, 0.2) is 5.96 Å². The zero-order chi connectivity index (χ0) is 27.1. The van der Waals surface area contributed by atoms with Gasteiger partial charge in [0.25, 0.3) is 5.56 Å². The third-order valence-corrected chi connectivity index (χ3v) is 6.11. The van der Waals surface area contributed by atoms with Crippen LogP contribution in [0.25, 0.3) is 0 Å². The number of nitrogens with two attached hydrogens (primary N) is 2. The van der Waals surface area contributed by atoms with Crippen molar-refractivity contribution < 1.29 is 31.2 Å². The van der Waals surface area contributed by atoms with Gasteiger partial charge in [0.2, 0.25) is 15.9 Å². The summed E-state index contributed by atoms with van der Waals surface area (Å²) < 4.78 is 67.5. The van der Waals surface area contributed by atoms with E-state index in [2.05, 4.69) is 9.98 Å². The largest absolute Gasteiger partial charge is 0.416 e. The number of carbonyl (C=O) groups excluding carboxylic acids is 2. The van der Waals surface area contributed by atoms with Gasteiger partial charge in [-0.2, -0.15) is 13.2 Å². The minimum atomic E-state index is -4.80. The van der Waals surface area contributed by atoms with Crippen LogP contribution in [-0.4, -0.2) is 44.1 Å². The Bertz CT molecular complexity index is 1290. The lowest BCUT2D eigenvalue weighted by molar-refractivity contribution is -0.138. The molecule has 0 saturated heterocycles. The minimum absolute atomic E-state index is 0.0673. The van der Waals surface area contributed by atoms with E-state index in [1.165, 1.54) is 12.1 Å². The molecular formula is C21H25F3N6O5S. The number of aromatic amines is 1. The molecule has 1 amide bonds. The third kappa shape index (κ3) is 7.56. The first-order valence-corrected chi connectivity index (χ1v) is 12.1. The maximum atomic E-state index is 13.3. The summed E-state index contributed by atoms with van der Waals surface area (Å²) in [5.41, 5.74) is 6.96. The van der Waals surface area contributed by atoms with Gasteiger partial charge in [-0.3, -0.25) is 19.3 Å². The molecule has 15 heteroatoms. The molecule has 1 atom stereocenters. The second kappa shape index (κ2) is 11.7. The van der Waals surface area contributed by atoms with Gasteiger partial charge in [-0.1, -0.05) is 18.2 Å². The normalized spacial score (nSPS) is 12.4. The van der Waals surface area contributed by atoms with Crippen molar-refractivity contribution in [3.05, 3.63) is 58.0 Å². The Balaban J connectivity index is 2.44. The second-order valence-electron chi connectivity index (χ2n) is 7.62. The van der Waals surface area contributed by atoms with Crippen LogP contribution >= 0.6 is 0 Å². The molecule has 0 saturated carbocycles. The molecule has 0 aliphatic heterocycles. The summed E-state index contributed by atoms with van der Waals surface area (Å²) >= 11 is 0. The summed E-state index contributed by atoms with van der Waals surface area (Å²) in [5, 5.41) is 0. The minimum Gasteiger partial charge on any atom is -0.370 e. The lowest BCUT2D eigenvalue weighted by Gasteiger charge is -2.28. The van der Waals surface area contributed by atoms with E-state index in [0.717, 1.165) is 36.2 Å². The smallest absolute Gasteiger partial charge is 0.370 e. The number of amides is 1. The Morgan fingerprint density at radius 2 is 1.92 bits per heavy atom. The summed E-state index contributed by atoms with van der Waals surface area (Å²) in [6, 6.07) is 4.17. The monoisotopic (exact) mass is 530 g/mol. The lowest BCUT2D eigenvalue weighted by atomic mass is 10.1. The van der Waals surface area contributed by atoms with Crippen LogP contribution in [0.15, 0.2) is 46.3 Å². The van der Waals surface area contributed by atoms with E-state index in [9.17, 15) is 36.0 Å². The number of nitrogens with one attached hydrogen (secondary N) is 2. The maximum Gasteiger partial charge on any atom is 0.416 e. The predicted molar refractivity (Wildman–Crippen MR) is 128 cm³/mol. The molecule has 196 valence electrons. The van der Waals surface area contributed by atoms with Crippen molar-refractivity contribution in [1.82, 2.24) is 4.98 Å². The van der Waals surface area contributed by atoms with Gasteiger partial charge in [-0.15, -0.1) is 0 Å². The number of nitrogens with zero attached hydrogens (tertiary/aromatic N) is 2. The van der Waals surface area contributed by atoms with Crippen LogP contribution in [-0.2, 0) is 31.5 Å². The number of halogens is 3. The summed E-state index contributed by atoms with van der Waals surface area (Å²) in [6.45, 7) is 1.25. The molecule has 0 aliphatic carbocycles. The van der Waals surface area contributed by atoms with Crippen molar-refractivity contribution in [2.75, 3.05) is 16.2 Å². The van der Waals surface area contributed by atoms with Crippen LogP contribution in [0.1, 0.15) is 30.9 Å². The average molecular weight is 531 g/mol. The third-order valence-electron chi connectivity index (χ3n) is 4.90. The number of benzene rings is 1. The molecule has 1 heterocycles. The van der Waals surface area contributed by atoms with Crippen molar-refractivity contribution in [2.45, 2.75) is 37.7 Å². The Morgan fingerprint density at radius 1 is 1.25 bits per heavy atom. The molecule has 0 spiro atoms. The molecule has 0 fully saturated rings. The molecule has 6 N–H and O–H groups in total. The molecule has 2 aromatic rings. The summed E-state index contributed by atoms with van der Waals surface area (Å²) in [6.07, 6.45) is -2.90. The zero-order valence-electron chi connectivity index (χ0n) is 19.1. The maximum absolute atomic E-state index is 13.3. The summed E-state index contributed by atoms with van der Waals surface area (Å²) in [4.78, 5) is 43.7. The Morgan fingerprint density at radius 3 is 2.50 bits per heavy atom. The predicted octanol–water partition coefficient (Wildman–Crippen LogP) is 1.31. The zero-order valence-corrected chi connectivity index (χ0v) is 19.9. The van der Waals surface area contributed by atoms with Crippen LogP contribution in [0.2, 0.25) is 0 Å². The van der Waals surface area contributed by atoms with Crippen LogP contribution < -0.4 is 26.6 Å². The number of guanidine groups is 1. The number of carbonyl (C=O) groups is 2. The number of anilines is 2. The summed E-state index contributed by atoms with van der Waals surface area (Å²) in [7, 11) is -4.58. The number of hydrogen-bond acceptors (Lipinski definition) is 6. The number of sulfonamides is 1. The van der Waals surface area contributed by atoms with Crippen LogP contribution in [0.5, 0.6) is 0 Å².